The van der Waals surface area contributed by atoms with Gasteiger partial charge in [-0.2, -0.15) is 0 Å². The van der Waals surface area contributed by atoms with E-state index in [9.17, 15) is 9.50 Å². The first-order valence-electron chi connectivity index (χ1n) is 9.26. The van der Waals surface area contributed by atoms with E-state index in [4.69, 9.17) is 0 Å². The highest BCUT2D eigenvalue weighted by atomic mass is 19.1. The largest absolute Gasteiger partial charge is 0.392 e. The fourth-order valence-corrected chi connectivity index (χ4v) is 3.25. The Kier molecular flexibility index (Phi) is 7.66. The highest BCUT2D eigenvalue weighted by Crippen LogP contribution is 2.14. The summed E-state index contributed by atoms with van der Waals surface area (Å²) in [7, 11) is 0. The summed E-state index contributed by atoms with van der Waals surface area (Å²) < 4.78 is 15.6. The van der Waals surface area contributed by atoms with Crippen molar-refractivity contribution in [1.82, 2.24) is 9.47 Å². The van der Waals surface area contributed by atoms with E-state index in [0.29, 0.717) is 19.0 Å². The molecule has 1 atom stereocenters. The van der Waals surface area contributed by atoms with Crippen molar-refractivity contribution >= 4 is 0 Å². The number of aromatic nitrogens is 1. The zero-order valence-electron chi connectivity index (χ0n) is 15.7. The lowest BCUT2D eigenvalue weighted by molar-refractivity contribution is 0.0932. The van der Waals surface area contributed by atoms with Crippen LogP contribution in [0, 0.1) is 11.7 Å². The Morgan fingerprint density at radius 2 is 1.96 bits per heavy atom. The van der Waals surface area contributed by atoms with Gasteiger partial charge in [0.1, 0.15) is 5.82 Å². The highest BCUT2D eigenvalue weighted by molar-refractivity contribution is 5.18. The summed E-state index contributed by atoms with van der Waals surface area (Å²) in [6.07, 6.45) is 3.58. The van der Waals surface area contributed by atoms with E-state index >= 15 is 0 Å². The second-order valence-electron chi connectivity index (χ2n) is 7.29. The molecule has 25 heavy (non-hydrogen) atoms. The minimum absolute atomic E-state index is 0.199. The Hall–Kier alpha value is -1.65. The van der Waals surface area contributed by atoms with Crippen LogP contribution in [0.15, 0.2) is 42.6 Å². The molecule has 0 amide bonds. The SMILES string of the molecule is CCC[C@@H](O)CN(Cc1cccn1Cc1cccc(F)c1)CC(C)C. The maximum absolute atomic E-state index is 13.4. The lowest BCUT2D eigenvalue weighted by atomic mass is 10.1. The number of hydrogen-bond acceptors (Lipinski definition) is 2. The Morgan fingerprint density at radius 1 is 1.16 bits per heavy atom. The van der Waals surface area contributed by atoms with Gasteiger partial charge in [-0.1, -0.05) is 39.3 Å². The molecule has 0 aliphatic carbocycles. The molecular weight excluding hydrogens is 315 g/mol. The topological polar surface area (TPSA) is 28.4 Å². The molecule has 2 aromatic rings. The molecule has 3 nitrogen and oxygen atoms in total. The van der Waals surface area contributed by atoms with Crippen LogP contribution in [-0.2, 0) is 13.1 Å². The van der Waals surface area contributed by atoms with Crippen LogP contribution < -0.4 is 0 Å². The highest BCUT2D eigenvalue weighted by Gasteiger charge is 2.15. The number of hydrogen-bond donors (Lipinski definition) is 1. The second-order valence-corrected chi connectivity index (χ2v) is 7.29. The molecule has 2 rings (SSSR count). The fraction of sp³-hybridized carbons (Fsp3) is 0.524. The number of benzene rings is 1. The summed E-state index contributed by atoms with van der Waals surface area (Å²) in [5.74, 6) is 0.343. The van der Waals surface area contributed by atoms with Gasteiger partial charge in [-0.25, -0.2) is 4.39 Å². The van der Waals surface area contributed by atoms with Gasteiger partial charge < -0.3 is 9.67 Å². The molecule has 0 saturated heterocycles. The first kappa shape index (κ1) is 19.7. The molecule has 0 radical (unpaired) electrons. The summed E-state index contributed by atoms with van der Waals surface area (Å²) in [6.45, 7) is 9.59. The second kappa shape index (κ2) is 9.73. The van der Waals surface area contributed by atoms with Crippen LogP contribution in [0.5, 0.6) is 0 Å². The lowest BCUT2D eigenvalue weighted by Crippen LogP contribution is -2.35. The van der Waals surface area contributed by atoms with Gasteiger partial charge in [0, 0.05) is 38.1 Å². The molecule has 0 aliphatic rings. The van der Waals surface area contributed by atoms with E-state index < -0.39 is 0 Å². The average molecular weight is 346 g/mol. The third kappa shape index (κ3) is 6.63. The van der Waals surface area contributed by atoms with E-state index in [1.54, 1.807) is 12.1 Å². The summed E-state index contributed by atoms with van der Waals surface area (Å²) in [6, 6.07) is 10.9. The molecule has 4 heteroatoms. The van der Waals surface area contributed by atoms with Crippen LogP contribution in [-0.4, -0.2) is 33.8 Å². The van der Waals surface area contributed by atoms with Crippen molar-refractivity contribution in [3.63, 3.8) is 0 Å². The van der Waals surface area contributed by atoms with Crippen molar-refractivity contribution < 1.29 is 9.50 Å². The minimum Gasteiger partial charge on any atom is -0.392 e. The van der Waals surface area contributed by atoms with Crippen LogP contribution >= 0.6 is 0 Å². The Balaban J connectivity index is 2.07. The number of rotatable bonds is 10. The number of aliphatic hydroxyl groups excluding tert-OH is 1. The summed E-state index contributed by atoms with van der Waals surface area (Å²) in [4.78, 5) is 2.32. The quantitative estimate of drug-likeness (QED) is 0.695. The molecule has 0 saturated carbocycles. The van der Waals surface area contributed by atoms with Gasteiger partial charge in [0.05, 0.1) is 6.10 Å². The summed E-state index contributed by atoms with van der Waals surface area (Å²) >= 11 is 0. The maximum Gasteiger partial charge on any atom is 0.123 e. The van der Waals surface area contributed by atoms with Gasteiger partial charge in [-0.15, -0.1) is 0 Å². The molecule has 1 N–H and O–H groups in total. The van der Waals surface area contributed by atoms with Crippen LogP contribution in [0.1, 0.15) is 44.9 Å². The molecule has 1 heterocycles. The van der Waals surface area contributed by atoms with E-state index in [0.717, 1.165) is 31.5 Å². The summed E-state index contributed by atoms with van der Waals surface area (Å²) in [5, 5.41) is 10.2. The monoisotopic (exact) mass is 346 g/mol. The predicted molar refractivity (Wildman–Crippen MR) is 101 cm³/mol. The molecule has 1 aromatic heterocycles. The van der Waals surface area contributed by atoms with Crippen LogP contribution in [0.3, 0.4) is 0 Å². The van der Waals surface area contributed by atoms with Gasteiger partial charge in [0.15, 0.2) is 0 Å². The van der Waals surface area contributed by atoms with Gasteiger partial charge in [0.2, 0.25) is 0 Å². The third-order valence-electron chi connectivity index (χ3n) is 4.27. The third-order valence-corrected chi connectivity index (χ3v) is 4.27. The molecule has 0 spiro atoms. The molecule has 1 aromatic carbocycles. The van der Waals surface area contributed by atoms with E-state index in [1.165, 1.54) is 11.8 Å². The average Bonchev–Trinajstić information content (AvgIpc) is 2.93. The van der Waals surface area contributed by atoms with Crippen molar-refractivity contribution in [1.29, 1.82) is 0 Å². The molecular formula is C21H31FN2O. The Bertz CT molecular complexity index is 638. The molecule has 0 bridgehead atoms. The first-order chi connectivity index (χ1) is 12.0. The fourth-order valence-electron chi connectivity index (χ4n) is 3.25. The van der Waals surface area contributed by atoms with Gasteiger partial charge in [-0.05, 0) is 42.2 Å². The lowest BCUT2D eigenvalue weighted by Gasteiger charge is -2.27. The Morgan fingerprint density at radius 3 is 2.64 bits per heavy atom. The van der Waals surface area contributed by atoms with Crippen molar-refractivity contribution in [3.8, 4) is 0 Å². The van der Waals surface area contributed by atoms with E-state index in [2.05, 4.69) is 36.3 Å². The smallest absolute Gasteiger partial charge is 0.123 e. The van der Waals surface area contributed by atoms with E-state index in [-0.39, 0.29) is 11.9 Å². The predicted octanol–water partition coefficient (Wildman–Crippen LogP) is 4.29. The van der Waals surface area contributed by atoms with Crippen LogP contribution in [0.25, 0.3) is 0 Å². The number of aliphatic hydroxyl groups is 1. The maximum atomic E-state index is 13.4. The standard InChI is InChI=1S/C21H31FN2O/c1-4-7-21(25)16-23(13-17(2)3)15-20-10-6-11-24(20)14-18-8-5-9-19(22)12-18/h5-6,8-12,17,21,25H,4,7,13-16H2,1-3H3/t21-/m1/s1. The summed E-state index contributed by atoms with van der Waals surface area (Å²) in [5.41, 5.74) is 2.15. The normalized spacial score (nSPS) is 12.9. The Labute approximate surface area is 151 Å². The van der Waals surface area contributed by atoms with E-state index in [1.807, 2.05) is 18.3 Å². The first-order valence-corrected chi connectivity index (χ1v) is 9.26. The van der Waals surface area contributed by atoms with Crippen molar-refractivity contribution in [2.45, 2.75) is 52.8 Å². The van der Waals surface area contributed by atoms with Crippen LogP contribution in [0.2, 0.25) is 0 Å². The minimum atomic E-state index is -0.282. The molecule has 0 unspecified atom stereocenters. The van der Waals surface area contributed by atoms with Crippen molar-refractivity contribution in [2.75, 3.05) is 13.1 Å². The zero-order valence-corrected chi connectivity index (χ0v) is 15.7. The van der Waals surface area contributed by atoms with Crippen molar-refractivity contribution in [3.05, 3.63) is 59.7 Å². The van der Waals surface area contributed by atoms with Crippen LogP contribution in [0.4, 0.5) is 4.39 Å². The van der Waals surface area contributed by atoms with Gasteiger partial charge >= 0.3 is 0 Å². The zero-order chi connectivity index (χ0) is 18.2. The molecule has 138 valence electrons. The molecule has 0 aliphatic heterocycles. The number of halogens is 1. The van der Waals surface area contributed by atoms with Crippen molar-refractivity contribution in [2.24, 2.45) is 5.92 Å². The number of nitrogens with zero attached hydrogens (tertiary/aromatic N) is 2. The molecule has 0 fully saturated rings. The van der Waals surface area contributed by atoms with Gasteiger partial charge in [-0.3, -0.25) is 4.90 Å². The van der Waals surface area contributed by atoms with Gasteiger partial charge in [0.25, 0.3) is 0 Å².